The number of nitrogens with one attached hydrogen (secondary N) is 1. The lowest BCUT2D eigenvalue weighted by atomic mass is 10.1. The lowest BCUT2D eigenvalue weighted by Gasteiger charge is -2.19. The van der Waals surface area contributed by atoms with Crippen LogP contribution in [0.5, 0.6) is 0 Å². The van der Waals surface area contributed by atoms with Gasteiger partial charge in [-0.2, -0.15) is 8.42 Å². The van der Waals surface area contributed by atoms with Crippen molar-refractivity contribution in [1.29, 1.82) is 0 Å². The quantitative estimate of drug-likeness (QED) is 0.393. The molecule has 1 saturated heterocycles. The second-order valence-corrected chi connectivity index (χ2v) is 8.68. The highest BCUT2D eigenvalue weighted by atomic mass is 32.3. The summed E-state index contributed by atoms with van der Waals surface area (Å²) in [7, 11) is -4.57. The average Bonchev–Trinajstić information content (AvgIpc) is 2.81. The molecule has 0 aromatic carbocycles. The fourth-order valence-corrected chi connectivity index (χ4v) is 3.29. The van der Waals surface area contributed by atoms with E-state index in [0.717, 1.165) is 0 Å². The van der Waals surface area contributed by atoms with E-state index in [0.29, 0.717) is 32.9 Å². The Morgan fingerprint density at radius 3 is 2.44 bits per heavy atom. The van der Waals surface area contributed by atoms with Gasteiger partial charge in [0, 0.05) is 32.0 Å². The summed E-state index contributed by atoms with van der Waals surface area (Å²) < 4.78 is 49.7. The molecule has 1 N–H and O–H groups in total. The van der Waals surface area contributed by atoms with E-state index < -0.39 is 33.6 Å². The molecule has 0 spiro atoms. The van der Waals surface area contributed by atoms with Gasteiger partial charge in [-0.05, 0) is 20.8 Å². The zero-order chi connectivity index (χ0) is 20.5. The van der Waals surface area contributed by atoms with Crippen molar-refractivity contribution in [2.45, 2.75) is 32.8 Å². The Morgan fingerprint density at radius 1 is 1.22 bits per heavy atom. The summed E-state index contributed by atoms with van der Waals surface area (Å²) in [6.07, 6.45) is -0.465. The summed E-state index contributed by atoms with van der Waals surface area (Å²) in [6, 6.07) is 0. The number of ether oxygens (including phenoxy) is 3. The van der Waals surface area contributed by atoms with Crippen LogP contribution >= 0.6 is 0 Å². The molecular formula is C16H29FN2O7S. The number of carbonyl (C=O) groups is 2. The molecule has 1 aliphatic heterocycles. The van der Waals surface area contributed by atoms with Gasteiger partial charge in [0.15, 0.2) is 0 Å². The lowest BCUT2D eigenvalue weighted by Crippen LogP contribution is -2.34. The van der Waals surface area contributed by atoms with E-state index in [-0.39, 0.29) is 25.5 Å². The first kappa shape index (κ1) is 23.6. The Kier molecular flexibility index (Phi) is 9.40. The molecule has 0 aromatic rings. The van der Waals surface area contributed by atoms with Gasteiger partial charge in [-0.3, -0.25) is 4.79 Å². The third kappa shape index (κ3) is 11.8. The standard InChI is InChI=1S/C16H29FN2O7S/c1-16(2,3)26-15(21)18-4-6-24-8-9-25-7-5-19-11-13(10-14(19)20)12-27(17,22)23/h13H,4-12H2,1-3H3,(H,18,21). The minimum absolute atomic E-state index is 0.0386. The molecule has 1 heterocycles. The van der Waals surface area contributed by atoms with Gasteiger partial charge in [0.2, 0.25) is 5.91 Å². The van der Waals surface area contributed by atoms with E-state index in [9.17, 15) is 21.9 Å². The fraction of sp³-hybridized carbons (Fsp3) is 0.875. The zero-order valence-electron chi connectivity index (χ0n) is 16.0. The Labute approximate surface area is 159 Å². The van der Waals surface area contributed by atoms with Gasteiger partial charge < -0.3 is 24.4 Å². The number of likely N-dealkylation sites (tertiary alicyclic amines) is 1. The molecule has 1 fully saturated rings. The van der Waals surface area contributed by atoms with Gasteiger partial charge in [0.1, 0.15) is 5.60 Å². The Balaban J connectivity index is 2.00. The minimum atomic E-state index is -4.57. The number of halogens is 1. The molecule has 0 bridgehead atoms. The molecule has 1 aliphatic rings. The predicted molar refractivity (Wildman–Crippen MR) is 95.5 cm³/mol. The first-order valence-corrected chi connectivity index (χ1v) is 10.3. The number of nitrogens with zero attached hydrogens (tertiary/aromatic N) is 1. The van der Waals surface area contributed by atoms with Crippen LogP contribution in [-0.2, 0) is 29.2 Å². The van der Waals surface area contributed by atoms with Crippen molar-refractivity contribution in [3.8, 4) is 0 Å². The van der Waals surface area contributed by atoms with Gasteiger partial charge in [0.25, 0.3) is 0 Å². The van der Waals surface area contributed by atoms with Crippen LogP contribution in [0.1, 0.15) is 27.2 Å². The molecule has 11 heteroatoms. The number of rotatable bonds is 11. The maximum Gasteiger partial charge on any atom is 0.407 e. The van der Waals surface area contributed by atoms with Crippen LogP contribution < -0.4 is 5.32 Å². The van der Waals surface area contributed by atoms with Gasteiger partial charge >= 0.3 is 16.3 Å². The highest BCUT2D eigenvalue weighted by Crippen LogP contribution is 2.19. The van der Waals surface area contributed by atoms with E-state index in [2.05, 4.69) is 5.32 Å². The van der Waals surface area contributed by atoms with E-state index >= 15 is 0 Å². The van der Waals surface area contributed by atoms with Crippen LogP contribution in [0.2, 0.25) is 0 Å². The largest absolute Gasteiger partial charge is 0.444 e. The number of carbonyl (C=O) groups excluding carboxylic acids is 2. The molecule has 158 valence electrons. The van der Waals surface area contributed by atoms with Gasteiger partial charge in [-0.15, -0.1) is 3.89 Å². The monoisotopic (exact) mass is 412 g/mol. The lowest BCUT2D eigenvalue weighted by molar-refractivity contribution is -0.128. The maximum absolute atomic E-state index is 12.7. The van der Waals surface area contributed by atoms with Gasteiger partial charge in [-0.1, -0.05) is 0 Å². The highest BCUT2D eigenvalue weighted by molar-refractivity contribution is 7.86. The SMILES string of the molecule is CC(C)(C)OC(=O)NCCOCCOCCN1CC(CS(=O)(=O)F)CC1=O. The van der Waals surface area contributed by atoms with Crippen molar-refractivity contribution < 1.29 is 36.1 Å². The first-order chi connectivity index (χ1) is 12.5. The number of amides is 2. The first-order valence-electron chi connectivity index (χ1n) is 8.79. The van der Waals surface area contributed by atoms with Crippen LogP contribution in [0, 0.1) is 5.92 Å². The Bertz CT molecular complexity index is 592. The molecule has 27 heavy (non-hydrogen) atoms. The zero-order valence-corrected chi connectivity index (χ0v) is 16.8. The Hall–Kier alpha value is -1.46. The number of hydrogen-bond donors (Lipinski definition) is 1. The van der Waals surface area contributed by atoms with Crippen LogP contribution in [0.25, 0.3) is 0 Å². The summed E-state index contributed by atoms with van der Waals surface area (Å²) in [5.74, 6) is -1.33. The van der Waals surface area contributed by atoms with E-state index in [1.807, 2.05) is 0 Å². The second-order valence-electron chi connectivity index (χ2n) is 7.27. The molecular weight excluding hydrogens is 383 g/mol. The van der Waals surface area contributed by atoms with Crippen molar-refractivity contribution >= 4 is 22.2 Å². The van der Waals surface area contributed by atoms with Crippen LogP contribution in [-0.4, -0.2) is 82.7 Å². The highest BCUT2D eigenvalue weighted by Gasteiger charge is 2.32. The van der Waals surface area contributed by atoms with Crippen molar-refractivity contribution in [3.63, 3.8) is 0 Å². The van der Waals surface area contributed by atoms with Crippen LogP contribution in [0.4, 0.5) is 8.68 Å². The molecule has 1 atom stereocenters. The maximum atomic E-state index is 12.7. The summed E-state index contributed by atoms with van der Waals surface area (Å²) in [5, 5.41) is 2.56. The fourth-order valence-electron chi connectivity index (χ4n) is 2.50. The van der Waals surface area contributed by atoms with E-state index in [1.165, 1.54) is 4.90 Å². The smallest absolute Gasteiger partial charge is 0.407 e. The van der Waals surface area contributed by atoms with Gasteiger partial charge in [0.05, 0.1) is 32.2 Å². The van der Waals surface area contributed by atoms with Gasteiger partial charge in [-0.25, -0.2) is 4.79 Å². The van der Waals surface area contributed by atoms with Crippen LogP contribution in [0.15, 0.2) is 0 Å². The molecule has 0 aliphatic carbocycles. The molecule has 9 nitrogen and oxygen atoms in total. The molecule has 1 rings (SSSR count). The molecule has 1 unspecified atom stereocenters. The molecule has 0 aromatic heterocycles. The topological polar surface area (TPSA) is 111 Å². The third-order valence-electron chi connectivity index (χ3n) is 3.52. The van der Waals surface area contributed by atoms with E-state index in [1.54, 1.807) is 20.8 Å². The summed E-state index contributed by atoms with van der Waals surface area (Å²) >= 11 is 0. The van der Waals surface area contributed by atoms with E-state index in [4.69, 9.17) is 14.2 Å². The predicted octanol–water partition coefficient (Wildman–Crippen LogP) is 0.692. The summed E-state index contributed by atoms with van der Waals surface area (Å²) in [5.41, 5.74) is -0.546. The summed E-state index contributed by atoms with van der Waals surface area (Å²) in [6.45, 7) is 7.42. The van der Waals surface area contributed by atoms with Crippen molar-refractivity contribution in [2.75, 3.05) is 51.8 Å². The Morgan fingerprint density at radius 2 is 1.85 bits per heavy atom. The normalized spacial score (nSPS) is 18.0. The average molecular weight is 412 g/mol. The number of alkyl carbamates (subject to hydrolysis) is 1. The molecule has 0 saturated carbocycles. The molecule has 2 amide bonds. The summed E-state index contributed by atoms with van der Waals surface area (Å²) in [4.78, 5) is 24.6. The molecule has 0 radical (unpaired) electrons. The van der Waals surface area contributed by atoms with Crippen molar-refractivity contribution in [2.24, 2.45) is 5.92 Å². The third-order valence-corrected chi connectivity index (χ3v) is 4.39. The second kappa shape index (κ2) is 10.8. The number of hydrogen-bond acceptors (Lipinski definition) is 7. The minimum Gasteiger partial charge on any atom is -0.444 e. The van der Waals surface area contributed by atoms with Crippen molar-refractivity contribution in [3.05, 3.63) is 0 Å². The van der Waals surface area contributed by atoms with Crippen LogP contribution in [0.3, 0.4) is 0 Å². The van der Waals surface area contributed by atoms with Crippen molar-refractivity contribution in [1.82, 2.24) is 10.2 Å².